The molecule has 0 unspecified atom stereocenters. The number of nitrogens with zero attached hydrogens (tertiary/aromatic N) is 1. The van der Waals surface area contributed by atoms with Gasteiger partial charge in [-0.1, -0.05) is 48.3 Å². The Bertz CT molecular complexity index is 145. The summed E-state index contributed by atoms with van der Waals surface area (Å²) in [5.74, 6) is 0. The van der Waals surface area contributed by atoms with Crippen LogP contribution in [0.4, 0.5) is 0 Å². The molecule has 0 aromatic rings. The van der Waals surface area contributed by atoms with Crippen molar-refractivity contribution in [2.24, 2.45) is 0 Å². The first-order valence-corrected chi connectivity index (χ1v) is 7.61. The van der Waals surface area contributed by atoms with E-state index in [2.05, 4.69) is 18.7 Å². The summed E-state index contributed by atoms with van der Waals surface area (Å²) in [6.45, 7) is 6.84. The Morgan fingerprint density at radius 2 is 1.50 bits per heavy atom. The first-order valence-electron chi connectivity index (χ1n) is 5.05. The molecule has 1 aliphatic heterocycles. The van der Waals surface area contributed by atoms with Crippen molar-refractivity contribution < 1.29 is 21.1 Å². The maximum absolute atomic E-state index is 5.50. The molecule has 1 nitrogen and oxygen atoms in total. The Labute approximate surface area is 116 Å². The maximum Gasteiger partial charge on any atom is 0.0156 e. The van der Waals surface area contributed by atoms with E-state index < -0.39 is 0 Å². The normalized spacial score (nSPS) is 18.0. The third-order valence-electron chi connectivity index (χ3n) is 2.18. The van der Waals surface area contributed by atoms with Crippen molar-refractivity contribution in [2.75, 3.05) is 13.1 Å². The van der Waals surface area contributed by atoms with E-state index in [1.54, 1.807) is 0 Å². The van der Waals surface area contributed by atoms with E-state index in [0.29, 0.717) is 0 Å². The van der Waals surface area contributed by atoms with E-state index in [1.165, 1.54) is 38.8 Å². The molecule has 0 atom stereocenters. The molecule has 1 rings (SSSR count). The van der Waals surface area contributed by atoms with Crippen LogP contribution in [0, 0.1) is 0 Å². The second-order valence-corrected chi connectivity index (χ2v) is 7.27. The maximum atomic E-state index is 5.50. The molecule has 0 bridgehead atoms. The van der Waals surface area contributed by atoms with Crippen molar-refractivity contribution in [1.82, 2.24) is 4.90 Å². The zero-order chi connectivity index (χ0) is 9.73. The predicted octanol–water partition coefficient (Wildman–Crippen LogP) is 3.44. The van der Waals surface area contributed by atoms with Gasteiger partial charge in [0.15, 0.2) is 0 Å². The van der Waals surface area contributed by atoms with Gasteiger partial charge in [0.1, 0.15) is 0 Å². The van der Waals surface area contributed by atoms with Gasteiger partial charge in [0.2, 0.25) is 0 Å². The van der Waals surface area contributed by atoms with Crippen LogP contribution in [0.3, 0.4) is 0 Å². The summed E-state index contributed by atoms with van der Waals surface area (Å²) < 4.78 is 0.0182. The molecule has 84 valence electrons. The van der Waals surface area contributed by atoms with E-state index in [1.807, 2.05) is 21.6 Å². The molecular weight excluding hydrogens is 314 g/mol. The minimum atomic E-state index is 0. The summed E-state index contributed by atoms with van der Waals surface area (Å²) >= 11 is 5.50. The Morgan fingerprint density at radius 1 is 1.07 bits per heavy atom. The molecule has 14 heavy (non-hydrogen) atoms. The quantitative estimate of drug-likeness (QED) is 0.304. The topological polar surface area (TPSA) is 3.24 Å². The van der Waals surface area contributed by atoms with Crippen LogP contribution in [-0.2, 0) is 33.7 Å². The molecular formula is C9H18MoNS3-. The third-order valence-corrected chi connectivity index (χ3v) is 5.98. The van der Waals surface area contributed by atoms with Crippen LogP contribution in [0.15, 0.2) is 0 Å². The van der Waals surface area contributed by atoms with Gasteiger partial charge in [-0.05, 0) is 25.9 Å². The molecule has 0 aliphatic carbocycles. The Kier molecular flexibility index (Phi) is 8.85. The Hall–Kier alpha value is 1.70. The van der Waals surface area contributed by atoms with Crippen LogP contribution in [0.5, 0.6) is 0 Å². The van der Waals surface area contributed by atoms with Crippen molar-refractivity contribution in [3.8, 4) is 0 Å². The molecule has 0 saturated carbocycles. The summed E-state index contributed by atoms with van der Waals surface area (Å²) in [5, 5.41) is 0. The van der Waals surface area contributed by atoms with Gasteiger partial charge in [-0.2, -0.15) is 0 Å². The van der Waals surface area contributed by atoms with Crippen molar-refractivity contribution >= 4 is 34.2 Å². The van der Waals surface area contributed by atoms with Gasteiger partial charge >= 0.3 is 0 Å². The largest absolute Gasteiger partial charge is 0.747 e. The van der Waals surface area contributed by atoms with Crippen molar-refractivity contribution in [3.05, 3.63) is 0 Å². The summed E-state index contributed by atoms with van der Waals surface area (Å²) in [6, 6.07) is 0. The van der Waals surface area contributed by atoms with Gasteiger partial charge in [-0.15, -0.1) is 0 Å². The fourth-order valence-electron chi connectivity index (χ4n) is 1.22. The van der Waals surface area contributed by atoms with Crippen LogP contribution in [0.2, 0.25) is 0 Å². The summed E-state index contributed by atoms with van der Waals surface area (Å²) in [4.78, 5) is 2.46. The van der Waals surface area contributed by atoms with E-state index in [-0.39, 0.29) is 24.6 Å². The monoisotopic (exact) mass is 334 g/mol. The second-order valence-electron chi connectivity index (χ2n) is 3.38. The van der Waals surface area contributed by atoms with Gasteiger partial charge in [0.05, 0.1) is 0 Å². The molecule has 0 aromatic carbocycles. The zero-order valence-corrected chi connectivity index (χ0v) is 13.3. The van der Waals surface area contributed by atoms with Gasteiger partial charge in [0.25, 0.3) is 0 Å². The molecule has 1 heterocycles. The van der Waals surface area contributed by atoms with Gasteiger partial charge in [0, 0.05) is 24.6 Å². The fourth-order valence-corrected chi connectivity index (χ4v) is 3.21. The molecule has 0 radical (unpaired) electrons. The van der Waals surface area contributed by atoms with Gasteiger partial charge in [-0.25, -0.2) is 0 Å². The van der Waals surface area contributed by atoms with Gasteiger partial charge < -0.3 is 12.6 Å². The SMILES string of the molecule is CCCCN(CCCC)C1([S-])SS1.[Mo]. The molecule has 1 fully saturated rings. The molecule has 1 saturated heterocycles. The van der Waals surface area contributed by atoms with Crippen molar-refractivity contribution in [1.29, 1.82) is 0 Å². The standard InChI is InChI=1S/C9H19NS3.Mo/c1-3-5-7-10(8-6-4-2)9(11)12-13-9;/h11H,3-8H2,1-2H3;/p-1. The van der Waals surface area contributed by atoms with Crippen molar-refractivity contribution in [3.63, 3.8) is 0 Å². The summed E-state index contributed by atoms with van der Waals surface area (Å²) in [5.41, 5.74) is 0. The number of hydrogen-bond acceptors (Lipinski definition) is 4. The summed E-state index contributed by atoms with van der Waals surface area (Å²) in [7, 11) is 3.67. The fraction of sp³-hybridized carbons (Fsp3) is 1.00. The Balaban J connectivity index is 0.00000169. The zero-order valence-electron chi connectivity index (χ0n) is 8.82. The average molecular weight is 332 g/mol. The van der Waals surface area contributed by atoms with E-state index in [9.17, 15) is 0 Å². The first-order chi connectivity index (χ1) is 6.23. The van der Waals surface area contributed by atoms with Crippen molar-refractivity contribution in [2.45, 2.75) is 43.1 Å². The van der Waals surface area contributed by atoms with E-state index >= 15 is 0 Å². The first kappa shape index (κ1) is 15.7. The van der Waals surface area contributed by atoms with Crippen LogP contribution >= 0.6 is 21.6 Å². The number of unbranched alkanes of at least 4 members (excludes halogenated alkanes) is 2. The van der Waals surface area contributed by atoms with Crippen LogP contribution in [0.1, 0.15) is 39.5 Å². The predicted molar refractivity (Wildman–Crippen MR) is 66.7 cm³/mol. The van der Waals surface area contributed by atoms with Gasteiger partial charge in [-0.3, -0.25) is 4.90 Å². The van der Waals surface area contributed by atoms with Crippen LogP contribution < -0.4 is 0 Å². The second kappa shape index (κ2) is 7.89. The van der Waals surface area contributed by atoms with E-state index in [4.69, 9.17) is 12.6 Å². The molecule has 0 aromatic heterocycles. The van der Waals surface area contributed by atoms with Crippen LogP contribution in [0.25, 0.3) is 0 Å². The van der Waals surface area contributed by atoms with E-state index in [0.717, 1.165) is 0 Å². The number of rotatable bonds is 7. The van der Waals surface area contributed by atoms with Crippen LogP contribution in [-0.4, -0.2) is 21.5 Å². The number of hydrogen-bond donors (Lipinski definition) is 0. The molecule has 0 amide bonds. The summed E-state index contributed by atoms with van der Waals surface area (Å²) in [6.07, 6.45) is 5.10. The molecule has 5 heteroatoms. The smallest absolute Gasteiger partial charge is 0.0156 e. The molecule has 1 aliphatic rings. The molecule has 0 N–H and O–H groups in total. The minimum Gasteiger partial charge on any atom is -0.747 e. The Morgan fingerprint density at radius 3 is 1.79 bits per heavy atom. The average Bonchev–Trinajstić information content (AvgIpc) is 2.85. The minimum absolute atomic E-state index is 0. The molecule has 0 spiro atoms. The third kappa shape index (κ3) is 5.16.